The predicted molar refractivity (Wildman–Crippen MR) is 31.1 cm³/mol. The van der Waals surface area contributed by atoms with Crippen LogP contribution >= 0.6 is 15.9 Å². The number of hydrogen-bond donors (Lipinski definition) is 0. The molecule has 0 aliphatic carbocycles. The van der Waals surface area contributed by atoms with Crippen molar-refractivity contribution in [1.29, 1.82) is 0 Å². The van der Waals surface area contributed by atoms with Gasteiger partial charge in [-0.1, -0.05) is 0 Å². The van der Waals surface area contributed by atoms with E-state index in [0.717, 1.165) is 4.50 Å². The average Bonchev–Trinajstić information content (AvgIpc) is 1.69. The minimum atomic E-state index is 0.822. The van der Waals surface area contributed by atoms with E-state index < -0.39 is 0 Å². The van der Waals surface area contributed by atoms with E-state index in [-0.39, 0.29) is 0 Å². The molecule has 0 aliphatic rings. The molecule has 0 saturated carbocycles. The van der Waals surface area contributed by atoms with Crippen molar-refractivity contribution in [2.45, 2.75) is 0 Å². The van der Waals surface area contributed by atoms with Crippen LogP contribution in [0.15, 0.2) is 16.9 Å². The molecule has 0 unspecified atom stereocenters. The maximum atomic E-state index is 3.78. The third kappa shape index (κ3) is 1.35. The van der Waals surface area contributed by atoms with Gasteiger partial charge in [0.15, 0.2) is 0 Å². The number of aromatic nitrogens is 2. The number of nitrogens with zero attached hydrogens (tertiary/aromatic N) is 2. The first kappa shape index (κ1) is 4.90. The minimum absolute atomic E-state index is 0.822. The molecular weight excluding hydrogens is 155 g/mol. The van der Waals surface area contributed by atoms with Crippen molar-refractivity contribution in [1.82, 2.24) is 9.97 Å². The van der Waals surface area contributed by atoms with Crippen LogP contribution in [0.5, 0.6) is 0 Å². The van der Waals surface area contributed by atoms with Gasteiger partial charge in [-0.25, -0.2) is 0 Å². The van der Waals surface area contributed by atoms with Gasteiger partial charge in [0.1, 0.15) is 0 Å². The van der Waals surface area contributed by atoms with E-state index in [1.807, 2.05) is 0 Å². The summed E-state index contributed by atoms with van der Waals surface area (Å²) in [7, 11) is 0. The summed E-state index contributed by atoms with van der Waals surface area (Å²) in [5.74, 6) is 0. The van der Waals surface area contributed by atoms with E-state index >= 15 is 0 Å². The first-order chi connectivity index (χ1) is 3.39. The van der Waals surface area contributed by atoms with Crippen LogP contribution in [0, 0.1) is 0 Å². The van der Waals surface area contributed by atoms with E-state index in [0.29, 0.717) is 0 Å². The number of hydrogen-bond acceptors (Lipinski definition) is 2. The molecule has 0 aliphatic heterocycles. The molecule has 0 atom stereocenters. The molecule has 1 heterocycles. The summed E-state index contributed by atoms with van der Waals surface area (Å²) < 4.78 is 0.822. The zero-order valence-corrected chi connectivity index (χ0v) is 5.09. The van der Waals surface area contributed by atoms with Crippen LogP contribution in [0.3, 0.4) is 0 Å². The van der Waals surface area contributed by atoms with Crippen molar-refractivity contribution in [2.75, 3.05) is 0 Å². The molecule has 0 saturated heterocycles. The zero-order chi connectivity index (χ0) is 5.11. The molecule has 1 aromatic heterocycles. The van der Waals surface area contributed by atoms with Gasteiger partial charge in [-0.05, 0) is 0 Å². The summed E-state index contributed by atoms with van der Waals surface area (Å²) in [5, 5.41) is 0. The van der Waals surface area contributed by atoms with E-state index in [9.17, 15) is 0 Å². The fourth-order valence-electron chi connectivity index (χ4n) is 0.275. The fraction of sp³-hybridized carbons (Fsp3) is 0. The summed E-state index contributed by atoms with van der Waals surface area (Å²) in [5.41, 5.74) is 0. The maximum absolute atomic E-state index is 3.78. The summed E-state index contributed by atoms with van der Waals surface area (Å²) in [6, 6.07) is 0. The van der Waals surface area contributed by atoms with E-state index in [4.69, 9.17) is 0 Å². The monoisotopic (exact) mass is 156 g/mol. The summed E-state index contributed by atoms with van der Waals surface area (Å²) in [6.45, 7) is 1.78. The van der Waals surface area contributed by atoms with Gasteiger partial charge in [0.25, 0.3) is 0 Å². The van der Waals surface area contributed by atoms with Gasteiger partial charge in [-0.3, -0.25) is 0 Å². The van der Waals surface area contributed by atoms with Gasteiger partial charge in [0.05, 0.1) is 0 Å². The number of rotatable bonds is 0. The Morgan fingerprint density at radius 1 is 1.71 bits per heavy atom. The number of halogens is 1. The van der Waals surface area contributed by atoms with Crippen molar-refractivity contribution >= 4 is 22.8 Å². The Balaban J connectivity index is 3.02. The molecule has 0 aromatic carbocycles. The van der Waals surface area contributed by atoms with Crippen LogP contribution in [0.1, 0.15) is 0 Å². The second kappa shape index (κ2) is 2.16. The molecule has 4 heteroatoms. The Bertz CT molecular complexity index is 143. The summed E-state index contributed by atoms with van der Waals surface area (Å²) in [4.78, 5) is 7.49. The molecule has 0 bridgehead atoms. The van der Waals surface area contributed by atoms with Gasteiger partial charge >= 0.3 is 49.7 Å². The van der Waals surface area contributed by atoms with Crippen molar-refractivity contribution in [3.63, 3.8) is 0 Å². The van der Waals surface area contributed by atoms with Crippen LogP contribution in [0.25, 0.3) is 0 Å². The van der Waals surface area contributed by atoms with Crippen molar-refractivity contribution < 1.29 is 0 Å². The molecule has 2 nitrogen and oxygen atoms in total. The Hall–Kier alpha value is -0.245. The third-order valence-electron chi connectivity index (χ3n) is 0.546. The molecule has 0 amide bonds. The predicted octanol–water partition coefficient (Wildman–Crippen LogP) is 0.577. The zero-order valence-electron chi connectivity index (χ0n) is 3.50. The molecule has 7 heavy (non-hydrogen) atoms. The van der Waals surface area contributed by atoms with E-state index in [1.165, 1.54) is 6.33 Å². The quantitative estimate of drug-likeness (QED) is 0.550. The van der Waals surface area contributed by atoms with Gasteiger partial charge in [-0.2, -0.15) is 0 Å². The van der Waals surface area contributed by atoms with Crippen LogP contribution < -0.4 is 0 Å². The molecule has 34 valence electrons. The Labute approximate surface area is 50.3 Å². The van der Waals surface area contributed by atoms with Gasteiger partial charge in [-0.15, -0.1) is 0 Å². The van der Waals surface area contributed by atoms with E-state index in [1.54, 1.807) is 13.0 Å². The van der Waals surface area contributed by atoms with Crippen molar-refractivity contribution in [3.05, 3.63) is 16.9 Å². The summed E-state index contributed by atoms with van der Waals surface area (Å²) in [6.07, 6.45) is 3.17. The topological polar surface area (TPSA) is 25.8 Å². The first-order valence-electron chi connectivity index (χ1n) is 1.81. The molecule has 0 fully saturated rings. The van der Waals surface area contributed by atoms with Crippen molar-refractivity contribution in [2.24, 2.45) is 0 Å². The van der Waals surface area contributed by atoms with Crippen LogP contribution in [0.2, 0.25) is 0 Å². The standard InChI is InChI=1S/C3H2BBrN2/c5-3-4-1-6-2-7-3/h1-2H. The van der Waals surface area contributed by atoms with Crippen LogP contribution in [-0.2, 0) is 0 Å². The molecule has 0 N–H and O–H groups in total. The van der Waals surface area contributed by atoms with Crippen LogP contribution in [-0.4, -0.2) is 16.9 Å². The molecule has 0 radical (unpaired) electrons. The molecule has 0 spiro atoms. The van der Waals surface area contributed by atoms with Crippen molar-refractivity contribution in [3.8, 4) is 0 Å². The summed E-state index contributed by atoms with van der Waals surface area (Å²) >= 11 is 3.16. The third-order valence-corrected chi connectivity index (χ3v) is 1.01. The molecule has 1 aromatic rings. The normalized spacial score (nSPS) is 8.14. The van der Waals surface area contributed by atoms with Gasteiger partial charge in [0, 0.05) is 0 Å². The fourth-order valence-corrected chi connectivity index (χ4v) is 0.484. The molecule has 1 rings (SSSR count). The SMILES string of the molecule is Brc1bcncn1. The Morgan fingerprint density at radius 3 is 2.86 bits per heavy atom. The van der Waals surface area contributed by atoms with E-state index in [2.05, 4.69) is 25.9 Å². The second-order valence-corrected chi connectivity index (χ2v) is 1.84. The second-order valence-electron chi connectivity index (χ2n) is 1.03. The molecular formula is C3H2BBrN2. The average molecular weight is 157 g/mol. The van der Waals surface area contributed by atoms with Crippen LogP contribution in [0.4, 0.5) is 0 Å². The Morgan fingerprint density at radius 2 is 2.57 bits per heavy atom. The van der Waals surface area contributed by atoms with Gasteiger partial charge in [0.2, 0.25) is 0 Å². The first-order valence-corrected chi connectivity index (χ1v) is 2.60. The Kier molecular flexibility index (Phi) is 1.52. The van der Waals surface area contributed by atoms with Gasteiger partial charge < -0.3 is 0 Å².